The molecule has 10 heteroatoms. The van der Waals surface area contributed by atoms with Crippen molar-refractivity contribution in [2.75, 3.05) is 13.7 Å². The van der Waals surface area contributed by atoms with E-state index in [-0.39, 0.29) is 16.5 Å². The fraction of sp³-hybridized carbons (Fsp3) is 0.136. The van der Waals surface area contributed by atoms with Gasteiger partial charge in [0.1, 0.15) is 0 Å². The van der Waals surface area contributed by atoms with Gasteiger partial charge < -0.3 is 9.72 Å². The van der Waals surface area contributed by atoms with Crippen LogP contribution in [0.4, 0.5) is 11.4 Å². The first-order chi connectivity index (χ1) is 15.5. The molecule has 1 amide bonds. The van der Waals surface area contributed by atoms with Gasteiger partial charge >= 0.3 is 5.97 Å². The number of esters is 1. The summed E-state index contributed by atoms with van der Waals surface area (Å²) in [6.07, 6.45) is 3.63. The molecule has 9 nitrogen and oxygen atoms in total. The Bertz CT molecular complexity index is 1260. The lowest BCUT2D eigenvalue weighted by atomic mass is 10.1. The highest BCUT2D eigenvalue weighted by Crippen LogP contribution is 2.33. The van der Waals surface area contributed by atoms with Crippen molar-refractivity contribution in [1.29, 1.82) is 0 Å². The Hall–Kier alpha value is -3.92. The number of ether oxygens (including phenoxy) is 1. The molecule has 2 heterocycles. The number of benzene rings is 2. The number of fused-ring (bicyclic) bond motifs is 1. The molecule has 1 N–H and O–H groups in total. The number of carbonyl (C=O) groups excluding carboxylic acids is 2. The summed E-state index contributed by atoms with van der Waals surface area (Å²) in [6.45, 7) is 0.345. The lowest BCUT2D eigenvalue weighted by molar-refractivity contribution is -0.384. The molecule has 0 atom stereocenters. The van der Waals surface area contributed by atoms with E-state index in [0.717, 1.165) is 34.3 Å². The minimum absolute atomic E-state index is 0.0495. The van der Waals surface area contributed by atoms with Crippen LogP contribution in [-0.2, 0) is 20.7 Å². The number of hydrogen-bond donors (Lipinski definition) is 1. The summed E-state index contributed by atoms with van der Waals surface area (Å²) >= 11 is 1.06. The third-order valence-electron chi connectivity index (χ3n) is 4.90. The number of non-ortho nitro benzene ring substituents is 1. The highest BCUT2D eigenvalue weighted by atomic mass is 32.2. The van der Waals surface area contributed by atoms with Gasteiger partial charge in [0.05, 0.1) is 22.6 Å². The first kappa shape index (κ1) is 21.3. The minimum Gasteiger partial charge on any atom is -0.466 e. The number of nitrogens with one attached hydrogen (secondary N) is 1. The van der Waals surface area contributed by atoms with E-state index in [0.29, 0.717) is 23.8 Å². The van der Waals surface area contributed by atoms with E-state index in [4.69, 9.17) is 0 Å². The van der Waals surface area contributed by atoms with Gasteiger partial charge in [0.2, 0.25) is 0 Å². The summed E-state index contributed by atoms with van der Waals surface area (Å²) < 4.78 is 4.64. The SMILES string of the molecule is COC(=O)/C=C1/SC(=Nc2ccc([N+](=O)[O-])cc2)N(CCc2c[nH]c3ccccc23)C1=O. The van der Waals surface area contributed by atoms with Crippen LogP contribution < -0.4 is 0 Å². The number of H-pyrrole nitrogens is 1. The zero-order chi connectivity index (χ0) is 22.7. The average molecular weight is 450 g/mol. The molecule has 0 unspecified atom stereocenters. The summed E-state index contributed by atoms with van der Waals surface area (Å²) in [5.41, 5.74) is 2.48. The molecule has 1 saturated heterocycles. The predicted octanol–water partition coefficient (Wildman–Crippen LogP) is 3.94. The van der Waals surface area contributed by atoms with E-state index in [1.807, 2.05) is 30.5 Å². The maximum atomic E-state index is 13.0. The first-order valence-electron chi connectivity index (χ1n) is 9.64. The molecule has 1 aliphatic rings. The van der Waals surface area contributed by atoms with Gasteiger partial charge in [0.15, 0.2) is 5.17 Å². The van der Waals surface area contributed by atoms with Gasteiger partial charge in [-0.05, 0) is 41.9 Å². The molecule has 162 valence electrons. The number of aliphatic imine (C=N–C) groups is 1. The number of methoxy groups -OCH3 is 1. The second-order valence-corrected chi connectivity index (χ2v) is 7.88. The van der Waals surface area contributed by atoms with Crippen molar-refractivity contribution in [3.8, 4) is 0 Å². The molecule has 2 aromatic carbocycles. The number of nitro benzene ring substituents is 1. The molecule has 4 rings (SSSR count). The van der Waals surface area contributed by atoms with E-state index in [9.17, 15) is 19.7 Å². The minimum atomic E-state index is -0.631. The number of para-hydroxylation sites is 1. The summed E-state index contributed by atoms with van der Waals surface area (Å²) in [4.78, 5) is 44.5. The fourth-order valence-corrected chi connectivity index (χ4v) is 4.27. The zero-order valence-corrected chi connectivity index (χ0v) is 17.8. The Morgan fingerprint density at radius 2 is 2.00 bits per heavy atom. The van der Waals surface area contributed by atoms with E-state index in [2.05, 4.69) is 14.7 Å². The van der Waals surface area contributed by atoms with Crippen molar-refractivity contribution in [2.45, 2.75) is 6.42 Å². The standard InChI is InChI=1S/C22H18N4O5S/c1-31-20(27)12-19-21(28)25(11-10-14-13-23-18-5-3-2-4-17(14)18)22(32-19)24-15-6-8-16(9-7-15)26(29)30/h2-9,12-13,23H,10-11H2,1H3/b19-12+,24-22?. The Kier molecular flexibility index (Phi) is 6.04. The number of hydrogen-bond acceptors (Lipinski definition) is 7. The topological polar surface area (TPSA) is 118 Å². The molecule has 0 saturated carbocycles. The van der Waals surface area contributed by atoms with Crippen LogP contribution in [-0.4, -0.2) is 45.5 Å². The van der Waals surface area contributed by atoms with Crippen LogP contribution in [0.25, 0.3) is 10.9 Å². The van der Waals surface area contributed by atoms with Crippen LogP contribution in [0.1, 0.15) is 5.56 Å². The highest BCUT2D eigenvalue weighted by Gasteiger charge is 2.34. The number of nitrogens with zero attached hydrogens (tertiary/aromatic N) is 3. The fourth-order valence-electron chi connectivity index (χ4n) is 3.28. The number of carbonyl (C=O) groups is 2. The molecular formula is C22H18N4O5S. The number of amides is 1. The molecule has 1 aromatic heterocycles. The molecule has 3 aromatic rings. The Balaban J connectivity index is 1.62. The van der Waals surface area contributed by atoms with Gasteiger partial charge in [0.25, 0.3) is 11.6 Å². The maximum Gasteiger partial charge on any atom is 0.331 e. The summed E-state index contributed by atoms with van der Waals surface area (Å²) in [7, 11) is 1.24. The Labute approximate surface area is 186 Å². The molecule has 1 aliphatic heterocycles. The maximum absolute atomic E-state index is 13.0. The van der Waals surface area contributed by atoms with Crippen LogP contribution in [0.5, 0.6) is 0 Å². The van der Waals surface area contributed by atoms with Crippen LogP contribution in [0.3, 0.4) is 0 Å². The van der Waals surface area contributed by atoms with Crippen molar-refractivity contribution in [3.63, 3.8) is 0 Å². The first-order valence-corrected chi connectivity index (χ1v) is 10.5. The second-order valence-electron chi connectivity index (χ2n) is 6.87. The van der Waals surface area contributed by atoms with Gasteiger partial charge in [-0.1, -0.05) is 18.2 Å². The highest BCUT2D eigenvalue weighted by molar-refractivity contribution is 8.18. The lowest BCUT2D eigenvalue weighted by Gasteiger charge is -2.15. The molecule has 0 spiro atoms. The molecule has 0 bridgehead atoms. The Morgan fingerprint density at radius 3 is 2.72 bits per heavy atom. The van der Waals surface area contributed by atoms with Crippen molar-refractivity contribution in [3.05, 3.63) is 81.4 Å². The van der Waals surface area contributed by atoms with E-state index < -0.39 is 10.9 Å². The second kappa shape index (κ2) is 9.06. The van der Waals surface area contributed by atoms with Gasteiger partial charge in [-0.15, -0.1) is 0 Å². The van der Waals surface area contributed by atoms with Gasteiger partial charge in [-0.2, -0.15) is 0 Å². The monoisotopic (exact) mass is 450 g/mol. The summed E-state index contributed by atoms with van der Waals surface area (Å²) in [5.74, 6) is -0.977. The lowest BCUT2D eigenvalue weighted by Crippen LogP contribution is -2.31. The molecule has 0 aliphatic carbocycles. The number of amidine groups is 1. The van der Waals surface area contributed by atoms with Crippen molar-refractivity contribution < 1.29 is 19.2 Å². The number of rotatable bonds is 6. The van der Waals surface area contributed by atoms with Crippen LogP contribution in [0, 0.1) is 10.1 Å². The average Bonchev–Trinajstić information content (AvgIpc) is 3.33. The van der Waals surface area contributed by atoms with Gasteiger partial charge in [-0.25, -0.2) is 9.79 Å². The van der Waals surface area contributed by atoms with E-state index in [1.165, 1.54) is 36.3 Å². The number of aromatic nitrogens is 1. The third kappa shape index (κ3) is 4.40. The van der Waals surface area contributed by atoms with Crippen molar-refractivity contribution in [1.82, 2.24) is 9.88 Å². The predicted molar refractivity (Wildman–Crippen MR) is 122 cm³/mol. The van der Waals surface area contributed by atoms with Crippen molar-refractivity contribution in [2.24, 2.45) is 4.99 Å². The molecular weight excluding hydrogens is 432 g/mol. The number of aromatic amines is 1. The summed E-state index contributed by atoms with van der Waals surface area (Å²) in [5, 5.41) is 12.3. The zero-order valence-electron chi connectivity index (χ0n) is 17.0. The quantitative estimate of drug-likeness (QED) is 0.263. The van der Waals surface area contributed by atoms with E-state index >= 15 is 0 Å². The van der Waals surface area contributed by atoms with Crippen LogP contribution in [0.2, 0.25) is 0 Å². The molecule has 1 fully saturated rings. The van der Waals surface area contributed by atoms with Crippen LogP contribution in [0.15, 0.2) is 70.7 Å². The number of nitro groups is 1. The smallest absolute Gasteiger partial charge is 0.331 e. The van der Waals surface area contributed by atoms with Gasteiger partial charge in [-0.3, -0.25) is 19.8 Å². The van der Waals surface area contributed by atoms with E-state index in [1.54, 1.807) is 0 Å². The van der Waals surface area contributed by atoms with Crippen LogP contribution >= 0.6 is 11.8 Å². The molecule has 32 heavy (non-hydrogen) atoms. The number of thioether (sulfide) groups is 1. The van der Waals surface area contributed by atoms with Gasteiger partial charge in [0, 0.05) is 41.9 Å². The summed E-state index contributed by atoms with van der Waals surface area (Å²) in [6, 6.07) is 13.6. The normalized spacial score (nSPS) is 16.3. The van der Waals surface area contributed by atoms with Crippen molar-refractivity contribution >= 4 is 51.1 Å². The molecule has 0 radical (unpaired) electrons. The largest absolute Gasteiger partial charge is 0.466 e. The Morgan fingerprint density at radius 1 is 1.25 bits per heavy atom. The third-order valence-corrected chi connectivity index (χ3v) is 5.91.